The number of nitrogens with one attached hydrogen (secondary N) is 4. The van der Waals surface area contributed by atoms with Gasteiger partial charge in [0.25, 0.3) is 0 Å². The summed E-state index contributed by atoms with van der Waals surface area (Å²) in [5, 5.41) is 23.9. The van der Waals surface area contributed by atoms with E-state index in [1.165, 1.54) is 7.05 Å². The molecule has 55 heavy (non-hydrogen) atoms. The van der Waals surface area contributed by atoms with E-state index in [4.69, 9.17) is 19.2 Å². The Kier molecular flexibility index (Phi) is 14.3. The van der Waals surface area contributed by atoms with Gasteiger partial charge in [-0.05, 0) is 64.5 Å². The van der Waals surface area contributed by atoms with E-state index in [0.717, 1.165) is 10.9 Å². The van der Waals surface area contributed by atoms with Crippen molar-refractivity contribution in [3.63, 3.8) is 0 Å². The molecule has 3 aromatic rings. The fourth-order valence-electron chi connectivity index (χ4n) is 6.89. The van der Waals surface area contributed by atoms with Gasteiger partial charge in [-0.2, -0.15) is 0 Å². The van der Waals surface area contributed by atoms with Crippen LogP contribution in [0.5, 0.6) is 11.5 Å². The number of hydrogen-bond donors (Lipinski definition) is 5. The van der Waals surface area contributed by atoms with Crippen LogP contribution in [0.4, 0.5) is 0 Å². The van der Waals surface area contributed by atoms with Crippen molar-refractivity contribution in [1.82, 2.24) is 26.3 Å². The predicted octanol–water partition coefficient (Wildman–Crippen LogP) is 4.88. The summed E-state index contributed by atoms with van der Waals surface area (Å²) in [5.74, 6) is -2.17. The summed E-state index contributed by atoms with van der Waals surface area (Å²) in [6, 6.07) is 14.5. The van der Waals surface area contributed by atoms with Crippen molar-refractivity contribution in [3.8, 4) is 22.8 Å². The maximum absolute atomic E-state index is 14.2. The number of carbonyl (C=O) groups excluding carboxylic acids is 4. The smallest absolute Gasteiger partial charge is 0.329 e. The molecule has 7 atom stereocenters. The molecule has 0 spiro atoms. The Morgan fingerprint density at radius 3 is 2.24 bits per heavy atom. The molecule has 1 aliphatic carbocycles. The molecule has 2 aromatic carbocycles. The summed E-state index contributed by atoms with van der Waals surface area (Å²) < 4.78 is 17.9. The lowest BCUT2D eigenvalue weighted by Gasteiger charge is -2.35. The Morgan fingerprint density at radius 2 is 1.64 bits per heavy atom. The first-order valence-electron chi connectivity index (χ1n) is 19.0. The lowest BCUT2D eigenvalue weighted by molar-refractivity contribution is -0.159. The van der Waals surface area contributed by atoms with Crippen LogP contribution < -0.4 is 30.7 Å². The first-order valence-corrected chi connectivity index (χ1v) is 19.0. The number of benzene rings is 2. The highest BCUT2D eigenvalue weighted by Crippen LogP contribution is 2.40. The van der Waals surface area contributed by atoms with Gasteiger partial charge in [0.2, 0.25) is 17.7 Å². The van der Waals surface area contributed by atoms with Gasteiger partial charge >= 0.3 is 5.97 Å². The molecule has 300 valence electrons. The second-order valence-corrected chi connectivity index (χ2v) is 16.4. The summed E-state index contributed by atoms with van der Waals surface area (Å²) in [6.45, 7) is 14.3. The van der Waals surface area contributed by atoms with Crippen molar-refractivity contribution in [2.24, 2.45) is 17.3 Å². The zero-order valence-corrected chi connectivity index (χ0v) is 33.8. The van der Waals surface area contributed by atoms with E-state index < -0.39 is 71.1 Å². The molecule has 1 aliphatic rings. The molecule has 1 aromatic heterocycles. The van der Waals surface area contributed by atoms with Crippen LogP contribution in [-0.2, 0) is 23.9 Å². The van der Waals surface area contributed by atoms with Crippen LogP contribution in [0.2, 0.25) is 0 Å². The number of aliphatic hydroxyl groups excluding tert-OH is 1. The van der Waals surface area contributed by atoms with E-state index >= 15 is 0 Å². The molecule has 0 saturated heterocycles. The predicted molar refractivity (Wildman–Crippen MR) is 211 cm³/mol. The highest BCUT2D eigenvalue weighted by molar-refractivity contribution is 5.90. The number of hydrogen-bond acceptors (Lipinski definition) is 10. The number of methoxy groups -OCH3 is 1. The number of esters is 1. The third-order valence-electron chi connectivity index (χ3n) is 9.70. The fourth-order valence-corrected chi connectivity index (χ4v) is 6.89. The van der Waals surface area contributed by atoms with E-state index in [1.54, 1.807) is 34.8 Å². The SMILES string of the molecule is CCC[C@H](NC(=O)[C@@H]1C[C@@H](Oc2cc(-c3ccccc3)nc3cc(OC)ccc23)C[C@H]1C(O)N[C@H](C(=O)N[C@@H](C)C(=O)NC)C(C)(C)C)C(=O)OC(C)(C)C. The van der Waals surface area contributed by atoms with Crippen LogP contribution in [0, 0.1) is 17.3 Å². The molecule has 0 bridgehead atoms. The molecule has 1 saturated carbocycles. The molecule has 0 aliphatic heterocycles. The Hall–Kier alpha value is -4.75. The number of aliphatic hydroxyl groups is 1. The van der Waals surface area contributed by atoms with Gasteiger partial charge in [-0.15, -0.1) is 0 Å². The number of likely N-dealkylation sites (N-methyl/N-ethyl adjacent to an activating group) is 1. The van der Waals surface area contributed by atoms with Crippen molar-refractivity contribution in [1.29, 1.82) is 0 Å². The normalized spacial score (nSPS) is 19.4. The van der Waals surface area contributed by atoms with Crippen LogP contribution in [0.15, 0.2) is 54.6 Å². The van der Waals surface area contributed by atoms with E-state index in [0.29, 0.717) is 35.6 Å². The van der Waals surface area contributed by atoms with Gasteiger partial charge in [0.1, 0.15) is 35.4 Å². The van der Waals surface area contributed by atoms with Crippen molar-refractivity contribution in [2.75, 3.05) is 14.2 Å². The molecule has 3 amide bonds. The Labute approximate surface area is 324 Å². The van der Waals surface area contributed by atoms with E-state index in [9.17, 15) is 24.3 Å². The first kappa shape index (κ1) is 43.0. The summed E-state index contributed by atoms with van der Waals surface area (Å²) in [6.07, 6.45) is -0.458. The summed E-state index contributed by atoms with van der Waals surface area (Å²) in [5.41, 5.74) is 0.779. The third-order valence-corrected chi connectivity index (χ3v) is 9.70. The van der Waals surface area contributed by atoms with E-state index in [1.807, 2.05) is 82.3 Å². The van der Waals surface area contributed by atoms with Gasteiger partial charge in [-0.1, -0.05) is 64.4 Å². The van der Waals surface area contributed by atoms with Crippen molar-refractivity contribution in [3.05, 3.63) is 54.6 Å². The monoisotopic (exact) mass is 761 g/mol. The Balaban J connectivity index is 1.70. The third kappa shape index (κ3) is 11.4. The maximum atomic E-state index is 14.2. The van der Waals surface area contributed by atoms with Gasteiger partial charge < -0.3 is 35.3 Å². The quantitative estimate of drug-likeness (QED) is 0.106. The number of ether oxygens (including phenoxy) is 3. The minimum absolute atomic E-state index is 0.211. The highest BCUT2D eigenvalue weighted by Gasteiger charge is 2.46. The van der Waals surface area contributed by atoms with E-state index in [2.05, 4.69) is 21.3 Å². The number of pyridine rings is 1. The number of nitrogens with zero attached hydrogens (tertiary/aromatic N) is 1. The van der Waals surface area contributed by atoms with Crippen LogP contribution in [-0.4, -0.2) is 84.0 Å². The van der Waals surface area contributed by atoms with Crippen molar-refractivity contribution >= 4 is 34.6 Å². The van der Waals surface area contributed by atoms with Crippen LogP contribution >= 0.6 is 0 Å². The van der Waals surface area contributed by atoms with Crippen molar-refractivity contribution < 1.29 is 38.5 Å². The van der Waals surface area contributed by atoms with Gasteiger partial charge in [0.15, 0.2) is 0 Å². The topological polar surface area (TPSA) is 177 Å². The largest absolute Gasteiger partial charge is 0.497 e. The highest BCUT2D eigenvalue weighted by atomic mass is 16.6. The zero-order chi connectivity index (χ0) is 40.7. The number of aromatic nitrogens is 1. The molecule has 13 heteroatoms. The van der Waals surface area contributed by atoms with Crippen LogP contribution in [0.3, 0.4) is 0 Å². The van der Waals surface area contributed by atoms with Gasteiger partial charge in [-0.3, -0.25) is 19.7 Å². The number of carbonyl (C=O) groups is 4. The molecular formula is C42H59N5O8. The van der Waals surface area contributed by atoms with Gasteiger partial charge in [-0.25, -0.2) is 9.78 Å². The Bertz CT molecular complexity index is 1810. The lowest BCUT2D eigenvalue weighted by atomic mass is 9.84. The first-order chi connectivity index (χ1) is 25.8. The molecule has 13 nitrogen and oxygen atoms in total. The number of amides is 3. The van der Waals surface area contributed by atoms with Gasteiger partial charge in [0, 0.05) is 42.0 Å². The summed E-state index contributed by atoms with van der Waals surface area (Å²) in [7, 11) is 3.08. The maximum Gasteiger partial charge on any atom is 0.329 e. The fraction of sp³-hybridized carbons (Fsp3) is 0.548. The van der Waals surface area contributed by atoms with Crippen LogP contribution in [0.25, 0.3) is 22.2 Å². The standard InChI is InChI=1S/C42H59N5O8/c1-11-15-31(40(52)55-42(6,7)8)46-37(49)29-20-27(21-30(29)38(50)47-35(41(3,4)5)39(51)44-24(2)36(48)43-9)54-34-23-32(25-16-13-12-14-17-25)45-33-22-26(53-10)18-19-28(33)34/h12-14,16-19,22-24,27,29-31,35,38,47,50H,11,15,20-21H2,1-10H3,(H,43,48)(H,44,51)(H,46,49)/t24-,27+,29+,30+,31-,35+,38?/m0/s1. The molecule has 4 rings (SSSR count). The lowest BCUT2D eigenvalue weighted by Crippen LogP contribution is -2.59. The average molecular weight is 762 g/mol. The minimum Gasteiger partial charge on any atom is -0.497 e. The summed E-state index contributed by atoms with van der Waals surface area (Å²) >= 11 is 0. The summed E-state index contributed by atoms with van der Waals surface area (Å²) in [4.78, 5) is 58.2. The second-order valence-electron chi connectivity index (χ2n) is 16.4. The molecule has 1 fully saturated rings. The molecule has 1 unspecified atom stereocenters. The molecular weight excluding hydrogens is 702 g/mol. The molecule has 0 radical (unpaired) electrons. The van der Waals surface area contributed by atoms with Crippen molar-refractivity contribution in [2.45, 2.75) is 117 Å². The second kappa shape index (κ2) is 18.3. The average Bonchev–Trinajstić information content (AvgIpc) is 3.55. The zero-order valence-electron chi connectivity index (χ0n) is 33.8. The van der Waals surface area contributed by atoms with Gasteiger partial charge in [0.05, 0.1) is 30.5 Å². The number of fused-ring (bicyclic) bond motifs is 1. The molecule has 1 heterocycles. The number of rotatable bonds is 15. The van der Waals surface area contributed by atoms with E-state index in [-0.39, 0.29) is 18.7 Å². The minimum atomic E-state index is -1.35. The van der Waals surface area contributed by atoms with Crippen LogP contribution in [0.1, 0.15) is 81.1 Å². The Morgan fingerprint density at radius 1 is 0.945 bits per heavy atom. The molecule has 5 N–H and O–H groups in total.